The van der Waals surface area contributed by atoms with Crippen molar-refractivity contribution in [3.63, 3.8) is 0 Å². The molecule has 0 bridgehead atoms. The molecule has 0 aliphatic carbocycles. The van der Waals surface area contributed by atoms with Gasteiger partial charge in [-0.25, -0.2) is 0 Å². The monoisotopic (exact) mass is 165 g/mol. The van der Waals surface area contributed by atoms with Crippen LogP contribution in [-0.4, -0.2) is 38.0 Å². The van der Waals surface area contributed by atoms with Gasteiger partial charge >= 0.3 is 0 Å². The highest BCUT2D eigenvalue weighted by Gasteiger charge is 1.98. The molecule has 0 heterocycles. The molecule has 0 radical (unpaired) electrons. The van der Waals surface area contributed by atoms with E-state index >= 15 is 0 Å². The van der Waals surface area contributed by atoms with Gasteiger partial charge in [0, 0.05) is 34.3 Å². The minimum absolute atomic E-state index is 1.06. The highest BCUT2D eigenvalue weighted by Crippen LogP contribution is 2.01. The molecule has 0 rings (SSSR count). The second kappa shape index (κ2) is 5.25. The summed E-state index contributed by atoms with van der Waals surface area (Å²) in [6.45, 7) is 0. The zero-order chi connectivity index (χ0) is 9.56. The molecule has 0 aliphatic rings. The molecule has 0 amide bonds. The van der Waals surface area contributed by atoms with Gasteiger partial charge in [-0.2, -0.15) is 5.26 Å². The van der Waals surface area contributed by atoms with Gasteiger partial charge in [0.05, 0.1) is 6.07 Å². The molecule has 0 aromatic rings. The van der Waals surface area contributed by atoms with Gasteiger partial charge in [0.2, 0.25) is 0 Å². The molecule has 12 heavy (non-hydrogen) atoms. The third kappa shape index (κ3) is 3.67. The van der Waals surface area contributed by atoms with E-state index in [0.717, 1.165) is 5.82 Å². The van der Waals surface area contributed by atoms with Gasteiger partial charge in [-0.05, 0) is 12.2 Å². The van der Waals surface area contributed by atoms with Crippen LogP contribution >= 0.6 is 0 Å². The van der Waals surface area contributed by atoms with E-state index in [4.69, 9.17) is 5.26 Å². The maximum absolute atomic E-state index is 8.26. The van der Waals surface area contributed by atoms with Crippen molar-refractivity contribution in [1.82, 2.24) is 9.80 Å². The Morgan fingerprint density at radius 3 is 2.00 bits per heavy atom. The molecule has 0 saturated heterocycles. The summed E-state index contributed by atoms with van der Waals surface area (Å²) in [6.07, 6.45) is 5.07. The fraction of sp³-hybridized carbons (Fsp3) is 0.444. The van der Waals surface area contributed by atoms with E-state index in [1.807, 2.05) is 50.1 Å². The topological polar surface area (TPSA) is 30.3 Å². The predicted molar refractivity (Wildman–Crippen MR) is 50.2 cm³/mol. The van der Waals surface area contributed by atoms with E-state index in [1.165, 1.54) is 6.08 Å². The molecule has 0 saturated carbocycles. The maximum atomic E-state index is 8.26. The van der Waals surface area contributed by atoms with Crippen molar-refractivity contribution in [2.45, 2.75) is 0 Å². The molecule has 3 heteroatoms. The SMILES string of the molecule is CN(C)C(=C/C=C/C#N)N(C)C. The van der Waals surface area contributed by atoms with Crippen LogP contribution in [0.4, 0.5) is 0 Å². The Morgan fingerprint density at radius 2 is 1.67 bits per heavy atom. The van der Waals surface area contributed by atoms with Crippen molar-refractivity contribution in [1.29, 1.82) is 5.26 Å². The second-order valence-corrected chi connectivity index (χ2v) is 2.80. The van der Waals surface area contributed by atoms with Crippen molar-refractivity contribution < 1.29 is 0 Å². The van der Waals surface area contributed by atoms with Crippen molar-refractivity contribution in [2.75, 3.05) is 28.2 Å². The Balaban J connectivity index is 4.42. The van der Waals surface area contributed by atoms with Gasteiger partial charge in [0.25, 0.3) is 0 Å². The largest absolute Gasteiger partial charge is 0.364 e. The first-order valence-electron chi connectivity index (χ1n) is 3.70. The van der Waals surface area contributed by atoms with E-state index in [0.29, 0.717) is 0 Å². The summed E-state index contributed by atoms with van der Waals surface area (Å²) < 4.78 is 0. The third-order valence-corrected chi connectivity index (χ3v) is 1.33. The van der Waals surface area contributed by atoms with Gasteiger partial charge in [-0.3, -0.25) is 0 Å². The Bertz CT molecular complexity index is 208. The molecular formula is C9H15N3. The third-order valence-electron chi connectivity index (χ3n) is 1.33. The van der Waals surface area contributed by atoms with Crippen LogP contribution in [0.3, 0.4) is 0 Å². The summed E-state index contributed by atoms with van der Waals surface area (Å²) in [5, 5.41) is 8.26. The van der Waals surface area contributed by atoms with Gasteiger partial charge < -0.3 is 9.80 Å². The second-order valence-electron chi connectivity index (χ2n) is 2.80. The average molecular weight is 165 g/mol. The first-order chi connectivity index (χ1) is 5.59. The van der Waals surface area contributed by atoms with Crippen LogP contribution in [0.25, 0.3) is 0 Å². The fourth-order valence-corrected chi connectivity index (χ4v) is 0.875. The van der Waals surface area contributed by atoms with Crippen molar-refractivity contribution >= 4 is 0 Å². The van der Waals surface area contributed by atoms with Crippen LogP contribution in [0.15, 0.2) is 24.0 Å². The Kier molecular flexibility index (Phi) is 4.62. The summed E-state index contributed by atoms with van der Waals surface area (Å²) in [4.78, 5) is 3.98. The lowest BCUT2D eigenvalue weighted by Gasteiger charge is -2.23. The summed E-state index contributed by atoms with van der Waals surface area (Å²) >= 11 is 0. The van der Waals surface area contributed by atoms with Crippen LogP contribution in [0.5, 0.6) is 0 Å². The average Bonchev–Trinajstić information content (AvgIpc) is 1.96. The smallest absolute Gasteiger partial charge is 0.103 e. The van der Waals surface area contributed by atoms with E-state index in [1.54, 1.807) is 6.08 Å². The molecule has 0 aliphatic heterocycles. The summed E-state index contributed by atoms with van der Waals surface area (Å²) in [5.74, 6) is 1.06. The highest BCUT2D eigenvalue weighted by molar-refractivity contribution is 5.15. The maximum Gasteiger partial charge on any atom is 0.103 e. The van der Waals surface area contributed by atoms with Crippen molar-refractivity contribution in [2.24, 2.45) is 0 Å². The summed E-state index contributed by atoms with van der Waals surface area (Å²) in [5.41, 5.74) is 0. The lowest BCUT2D eigenvalue weighted by atomic mass is 10.4. The number of hydrogen-bond acceptors (Lipinski definition) is 3. The Labute approximate surface area is 74.2 Å². The zero-order valence-electron chi connectivity index (χ0n) is 8.07. The van der Waals surface area contributed by atoms with Crippen LogP contribution in [0, 0.1) is 11.3 Å². The quantitative estimate of drug-likeness (QED) is 0.462. The molecule has 0 aromatic heterocycles. The highest BCUT2D eigenvalue weighted by atomic mass is 15.3. The van der Waals surface area contributed by atoms with Gasteiger partial charge in [-0.15, -0.1) is 0 Å². The Hall–Kier alpha value is -1.43. The number of rotatable bonds is 3. The zero-order valence-corrected chi connectivity index (χ0v) is 8.07. The fourth-order valence-electron chi connectivity index (χ4n) is 0.875. The molecule has 0 spiro atoms. The molecule has 0 N–H and O–H groups in total. The summed E-state index contributed by atoms with van der Waals surface area (Å²) in [7, 11) is 7.86. The predicted octanol–water partition coefficient (Wildman–Crippen LogP) is 1.03. The molecular weight excluding hydrogens is 150 g/mol. The van der Waals surface area contributed by atoms with E-state index < -0.39 is 0 Å². The van der Waals surface area contributed by atoms with Gasteiger partial charge in [0.15, 0.2) is 0 Å². The number of nitriles is 1. The van der Waals surface area contributed by atoms with E-state index in [-0.39, 0.29) is 0 Å². The minimum Gasteiger partial charge on any atom is -0.364 e. The van der Waals surface area contributed by atoms with Gasteiger partial charge in [-0.1, -0.05) is 0 Å². The minimum atomic E-state index is 1.06. The first kappa shape index (κ1) is 10.6. The lowest BCUT2D eigenvalue weighted by Crippen LogP contribution is -2.24. The molecule has 0 fully saturated rings. The van der Waals surface area contributed by atoms with Crippen LogP contribution < -0.4 is 0 Å². The van der Waals surface area contributed by atoms with E-state index in [2.05, 4.69) is 0 Å². The van der Waals surface area contributed by atoms with Crippen LogP contribution in [0.2, 0.25) is 0 Å². The first-order valence-corrected chi connectivity index (χ1v) is 3.70. The lowest BCUT2D eigenvalue weighted by molar-refractivity contribution is 0.343. The van der Waals surface area contributed by atoms with Crippen molar-refractivity contribution in [3.8, 4) is 6.07 Å². The summed E-state index contributed by atoms with van der Waals surface area (Å²) in [6, 6.07) is 1.94. The molecule has 3 nitrogen and oxygen atoms in total. The normalized spacial score (nSPS) is 9.25. The van der Waals surface area contributed by atoms with Crippen molar-refractivity contribution in [3.05, 3.63) is 24.0 Å². The van der Waals surface area contributed by atoms with E-state index in [9.17, 15) is 0 Å². The number of hydrogen-bond donors (Lipinski definition) is 0. The van der Waals surface area contributed by atoms with Crippen LogP contribution in [0.1, 0.15) is 0 Å². The Morgan fingerprint density at radius 1 is 1.17 bits per heavy atom. The van der Waals surface area contributed by atoms with Crippen LogP contribution in [-0.2, 0) is 0 Å². The number of nitrogens with zero attached hydrogens (tertiary/aromatic N) is 3. The van der Waals surface area contributed by atoms with Gasteiger partial charge in [0.1, 0.15) is 5.82 Å². The molecule has 66 valence electrons. The standard InChI is InChI=1S/C9H15N3/c1-11(2)9(12(3)4)7-5-6-8-10/h5-7H,1-4H3/b6-5+. The number of allylic oxidation sites excluding steroid dienone is 3. The molecule has 0 aromatic carbocycles. The molecule has 0 atom stereocenters. The molecule has 0 unspecified atom stereocenters.